The first-order chi connectivity index (χ1) is 8.69. The first-order valence-corrected chi connectivity index (χ1v) is 5.94. The normalized spacial score (nSPS) is 22.4. The van der Waals surface area contributed by atoms with Gasteiger partial charge in [-0.05, 0) is 25.0 Å². The molecule has 7 heteroatoms. The van der Waals surface area contributed by atoms with Gasteiger partial charge in [0.1, 0.15) is 5.76 Å². The average Bonchev–Trinajstić information content (AvgIpc) is 2.79. The van der Waals surface area contributed by atoms with Crippen molar-refractivity contribution in [2.24, 2.45) is 5.73 Å². The molecule has 108 valence electrons. The van der Waals surface area contributed by atoms with Crippen molar-refractivity contribution in [2.45, 2.75) is 43.2 Å². The van der Waals surface area contributed by atoms with Crippen molar-refractivity contribution in [1.29, 1.82) is 0 Å². The van der Waals surface area contributed by atoms with Crippen LogP contribution >= 0.6 is 0 Å². The number of alkyl halides is 5. The highest BCUT2D eigenvalue weighted by molar-refractivity contribution is 5.21. The summed E-state index contributed by atoms with van der Waals surface area (Å²) < 4.78 is 68.5. The van der Waals surface area contributed by atoms with Gasteiger partial charge in [0, 0.05) is 24.8 Å². The summed E-state index contributed by atoms with van der Waals surface area (Å²) in [5.74, 6) is -3.83. The molecule has 1 aliphatic rings. The van der Waals surface area contributed by atoms with E-state index in [0.717, 1.165) is 6.07 Å². The zero-order chi connectivity index (χ0) is 14.3. The molecular weight excluding hydrogens is 269 g/mol. The van der Waals surface area contributed by atoms with E-state index in [0.29, 0.717) is 0 Å². The molecule has 0 amide bonds. The molecule has 2 N–H and O–H groups in total. The molecule has 19 heavy (non-hydrogen) atoms. The Hall–Kier alpha value is -1.11. The third kappa shape index (κ3) is 2.75. The minimum absolute atomic E-state index is 0.00606. The molecule has 0 atom stereocenters. The van der Waals surface area contributed by atoms with E-state index in [-0.39, 0.29) is 38.0 Å². The van der Waals surface area contributed by atoms with Crippen LogP contribution in [0.2, 0.25) is 0 Å². The molecule has 0 bridgehead atoms. The van der Waals surface area contributed by atoms with Crippen molar-refractivity contribution < 1.29 is 26.4 Å². The van der Waals surface area contributed by atoms with Crippen molar-refractivity contribution >= 4 is 0 Å². The fourth-order valence-electron chi connectivity index (χ4n) is 2.42. The first-order valence-electron chi connectivity index (χ1n) is 5.94. The Morgan fingerprint density at radius 3 is 2.11 bits per heavy atom. The Labute approximate surface area is 106 Å². The van der Waals surface area contributed by atoms with E-state index in [2.05, 4.69) is 0 Å². The van der Waals surface area contributed by atoms with Gasteiger partial charge in [-0.25, -0.2) is 8.78 Å². The number of furan rings is 1. The summed E-state index contributed by atoms with van der Waals surface area (Å²) in [6.07, 6.45) is -5.28. The van der Waals surface area contributed by atoms with E-state index in [9.17, 15) is 22.0 Å². The first kappa shape index (κ1) is 14.3. The summed E-state index contributed by atoms with van der Waals surface area (Å²) in [5, 5.41) is 0. The van der Waals surface area contributed by atoms with Crippen LogP contribution in [0.1, 0.15) is 37.2 Å². The molecule has 0 unspecified atom stereocenters. The monoisotopic (exact) mass is 283 g/mol. The van der Waals surface area contributed by atoms with E-state index in [1.54, 1.807) is 0 Å². The third-order valence-electron chi connectivity index (χ3n) is 3.74. The standard InChI is InChI=1S/C12H14F5NO/c13-11(14)5-3-10(7-18,4-6-11)8-1-2-9(19-8)12(15,16)17/h1-2H,3-7,18H2. The van der Waals surface area contributed by atoms with Crippen LogP contribution in [-0.2, 0) is 11.6 Å². The van der Waals surface area contributed by atoms with Gasteiger partial charge in [-0.1, -0.05) is 0 Å². The van der Waals surface area contributed by atoms with Crippen LogP contribution in [0.4, 0.5) is 22.0 Å². The number of nitrogens with two attached hydrogens (primary N) is 1. The topological polar surface area (TPSA) is 39.2 Å². The molecule has 0 spiro atoms. The molecule has 1 fully saturated rings. The Morgan fingerprint density at radius 2 is 1.68 bits per heavy atom. The van der Waals surface area contributed by atoms with E-state index in [1.165, 1.54) is 6.07 Å². The van der Waals surface area contributed by atoms with Gasteiger partial charge in [-0.3, -0.25) is 0 Å². The minimum Gasteiger partial charge on any atom is -0.456 e. The van der Waals surface area contributed by atoms with Gasteiger partial charge < -0.3 is 10.2 Å². The average molecular weight is 283 g/mol. The van der Waals surface area contributed by atoms with E-state index in [4.69, 9.17) is 10.2 Å². The molecule has 1 aromatic heterocycles. The summed E-state index contributed by atoms with van der Waals surface area (Å²) in [4.78, 5) is 0. The van der Waals surface area contributed by atoms with Gasteiger partial charge in [-0.15, -0.1) is 0 Å². The third-order valence-corrected chi connectivity index (χ3v) is 3.74. The SMILES string of the molecule is NCC1(c2ccc(C(F)(F)F)o2)CCC(F)(F)CC1. The lowest BCUT2D eigenvalue weighted by molar-refractivity contribution is -0.154. The van der Waals surface area contributed by atoms with Crippen molar-refractivity contribution in [3.05, 3.63) is 23.7 Å². The smallest absolute Gasteiger partial charge is 0.449 e. The molecule has 0 aliphatic heterocycles. The molecule has 1 heterocycles. The Morgan fingerprint density at radius 1 is 1.11 bits per heavy atom. The highest BCUT2D eigenvalue weighted by Crippen LogP contribution is 2.46. The maximum absolute atomic E-state index is 13.1. The summed E-state index contributed by atoms with van der Waals surface area (Å²) in [6, 6.07) is 2.01. The second-order valence-corrected chi connectivity index (χ2v) is 5.00. The predicted molar refractivity (Wildman–Crippen MR) is 57.9 cm³/mol. The Balaban J connectivity index is 2.26. The van der Waals surface area contributed by atoms with Crippen molar-refractivity contribution in [3.63, 3.8) is 0 Å². The van der Waals surface area contributed by atoms with Crippen LogP contribution in [0.3, 0.4) is 0 Å². The van der Waals surface area contributed by atoms with Crippen molar-refractivity contribution in [3.8, 4) is 0 Å². The van der Waals surface area contributed by atoms with E-state index < -0.39 is 23.3 Å². The lowest BCUT2D eigenvalue weighted by Gasteiger charge is -2.37. The number of hydrogen-bond donors (Lipinski definition) is 1. The fraction of sp³-hybridized carbons (Fsp3) is 0.667. The Bertz CT molecular complexity index is 441. The molecular formula is C12H14F5NO. The number of hydrogen-bond acceptors (Lipinski definition) is 2. The zero-order valence-corrected chi connectivity index (χ0v) is 10.1. The van der Waals surface area contributed by atoms with Gasteiger partial charge >= 0.3 is 6.18 Å². The summed E-state index contributed by atoms with van der Waals surface area (Å²) in [5.41, 5.74) is 4.68. The van der Waals surface area contributed by atoms with Crippen LogP contribution in [0.15, 0.2) is 16.5 Å². The van der Waals surface area contributed by atoms with Crippen LogP contribution in [0, 0.1) is 0 Å². The molecule has 2 rings (SSSR count). The number of rotatable bonds is 2. The second kappa shape index (κ2) is 4.47. The molecule has 1 saturated carbocycles. The van der Waals surface area contributed by atoms with Crippen LogP contribution in [-0.4, -0.2) is 12.5 Å². The van der Waals surface area contributed by atoms with E-state index in [1.807, 2.05) is 0 Å². The van der Waals surface area contributed by atoms with Gasteiger partial charge in [0.2, 0.25) is 11.7 Å². The van der Waals surface area contributed by atoms with E-state index >= 15 is 0 Å². The molecule has 1 aromatic rings. The fourth-order valence-corrected chi connectivity index (χ4v) is 2.42. The number of halogens is 5. The van der Waals surface area contributed by atoms with Crippen LogP contribution in [0.25, 0.3) is 0 Å². The lowest BCUT2D eigenvalue weighted by Crippen LogP contribution is -2.41. The molecule has 1 aliphatic carbocycles. The van der Waals surface area contributed by atoms with Crippen molar-refractivity contribution in [2.75, 3.05) is 6.54 Å². The van der Waals surface area contributed by atoms with Gasteiger partial charge in [0.25, 0.3) is 0 Å². The highest BCUT2D eigenvalue weighted by atomic mass is 19.4. The maximum atomic E-state index is 13.1. The summed E-state index contributed by atoms with van der Waals surface area (Å²) in [7, 11) is 0. The molecule has 0 aromatic carbocycles. The largest absolute Gasteiger partial charge is 0.456 e. The second-order valence-electron chi connectivity index (χ2n) is 5.00. The van der Waals surface area contributed by atoms with Crippen LogP contribution < -0.4 is 5.73 Å². The summed E-state index contributed by atoms with van der Waals surface area (Å²) in [6.45, 7) is -0.00606. The zero-order valence-electron chi connectivity index (χ0n) is 10.1. The predicted octanol–water partition coefficient (Wildman–Crippen LogP) is 3.70. The Kier molecular flexibility index (Phi) is 3.36. The molecule has 0 radical (unpaired) electrons. The minimum atomic E-state index is -4.58. The lowest BCUT2D eigenvalue weighted by atomic mass is 9.71. The maximum Gasteiger partial charge on any atom is 0.449 e. The van der Waals surface area contributed by atoms with Crippen LogP contribution in [0.5, 0.6) is 0 Å². The molecule has 0 saturated heterocycles. The van der Waals surface area contributed by atoms with Gasteiger partial charge in [-0.2, -0.15) is 13.2 Å². The molecule has 2 nitrogen and oxygen atoms in total. The van der Waals surface area contributed by atoms with Gasteiger partial charge in [0.05, 0.1) is 0 Å². The quantitative estimate of drug-likeness (QED) is 0.840. The summed E-state index contributed by atoms with van der Waals surface area (Å²) >= 11 is 0. The van der Waals surface area contributed by atoms with Gasteiger partial charge in [0.15, 0.2) is 0 Å². The highest BCUT2D eigenvalue weighted by Gasteiger charge is 2.46. The van der Waals surface area contributed by atoms with Crippen molar-refractivity contribution in [1.82, 2.24) is 0 Å².